The Kier molecular flexibility index (Phi) is 6.65. The molecule has 0 spiro atoms. The molecule has 0 aliphatic rings. The van der Waals surface area contributed by atoms with Crippen LogP contribution in [0.15, 0.2) is 174 Å². The van der Waals surface area contributed by atoms with Gasteiger partial charge in [-0.1, -0.05) is 109 Å². The van der Waals surface area contributed by atoms with Crippen LogP contribution in [0.2, 0.25) is 0 Å². The van der Waals surface area contributed by atoms with Crippen LogP contribution in [-0.2, 0) is 0 Å². The van der Waals surface area contributed by atoms with Crippen molar-refractivity contribution in [3.05, 3.63) is 170 Å². The van der Waals surface area contributed by atoms with Crippen LogP contribution in [-0.4, -0.2) is 4.98 Å². The summed E-state index contributed by atoms with van der Waals surface area (Å²) in [4.78, 5) is 7.17. The van der Waals surface area contributed by atoms with Crippen molar-refractivity contribution in [2.75, 3.05) is 4.90 Å². The highest BCUT2D eigenvalue weighted by molar-refractivity contribution is 7.26. The molecule has 0 saturated heterocycles. The van der Waals surface area contributed by atoms with Crippen LogP contribution < -0.4 is 4.90 Å². The number of aromatic nitrogens is 1. The maximum absolute atomic E-state index is 6.23. The largest absolute Gasteiger partial charge is 0.436 e. The van der Waals surface area contributed by atoms with Crippen LogP contribution in [0, 0.1) is 0 Å². The summed E-state index contributed by atoms with van der Waals surface area (Å²) >= 11 is 1.80. The van der Waals surface area contributed by atoms with Crippen LogP contribution in [0.5, 0.6) is 0 Å². The van der Waals surface area contributed by atoms with Crippen molar-refractivity contribution < 1.29 is 4.42 Å². The molecule has 0 radical (unpaired) electrons. The molecule has 0 unspecified atom stereocenters. The second-order valence-corrected chi connectivity index (χ2v) is 12.7. The van der Waals surface area contributed by atoms with Gasteiger partial charge in [-0.25, -0.2) is 4.98 Å². The summed E-state index contributed by atoms with van der Waals surface area (Å²) in [6.07, 6.45) is 0. The molecule has 4 heteroatoms. The molecule has 47 heavy (non-hydrogen) atoms. The van der Waals surface area contributed by atoms with Crippen LogP contribution in [0.1, 0.15) is 0 Å². The number of anilines is 3. The van der Waals surface area contributed by atoms with Crippen LogP contribution in [0.4, 0.5) is 17.1 Å². The van der Waals surface area contributed by atoms with Crippen molar-refractivity contribution in [1.29, 1.82) is 0 Å². The molecule has 0 N–H and O–H groups in total. The van der Waals surface area contributed by atoms with Gasteiger partial charge in [0, 0.05) is 42.8 Å². The van der Waals surface area contributed by atoms with E-state index in [2.05, 4.69) is 150 Å². The normalized spacial score (nSPS) is 11.4. The highest BCUT2D eigenvalue weighted by atomic mass is 32.1. The standard InChI is InChI=1S/C43H28N2OS/c1-3-10-29(11-4-1)31-18-22-33(23-19-31)45(34-24-20-32(21-25-34)30-12-5-2-6-13-30)35-26-27-36-41(28-35)47-40-17-9-14-37(42(36)40)43-44-38-15-7-8-16-39(38)46-43/h1-28H. The molecule has 3 nitrogen and oxygen atoms in total. The molecular weight excluding hydrogens is 593 g/mol. The molecule has 0 fully saturated rings. The Bertz CT molecular complexity index is 2380. The van der Waals surface area contributed by atoms with E-state index in [4.69, 9.17) is 9.40 Å². The van der Waals surface area contributed by atoms with Crippen molar-refractivity contribution in [3.8, 4) is 33.7 Å². The van der Waals surface area contributed by atoms with Crippen LogP contribution in [0.3, 0.4) is 0 Å². The fraction of sp³-hybridized carbons (Fsp3) is 0. The average Bonchev–Trinajstić information content (AvgIpc) is 3.75. The summed E-state index contributed by atoms with van der Waals surface area (Å²) < 4.78 is 8.65. The molecule has 0 bridgehead atoms. The summed E-state index contributed by atoms with van der Waals surface area (Å²) in [5, 5.41) is 2.38. The Balaban J connectivity index is 1.17. The van der Waals surface area contributed by atoms with Crippen LogP contribution >= 0.6 is 11.3 Å². The van der Waals surface area contributed by atoms with E-state index in [1.54, 1.807) is 11.3 Å². The van der Waals surface area contributed by atoms with Gasteiger partial charge in [0.25, 0.3) is 0 Å². The van der Waals surface area contributed by atoms with Crippen molar-refractivity contribution in [1.82, 2.24) is 4.98 Å². The molecule has 2 aromatic heterocycles. The Morgan fingerprint density at radius 1 is 0.468 bits per heavy atom. The minimum atomic E-state index is 0.652. The van der Waals surface area contributed by atoms with E-state index < -0.39 is 0 Å². The first-order valence-corrected chi connectivity index (χ1v) is 16.5. The van der Waals surface area contributed by atoms with E-state index in [9.17, 15) is 0 Å². The maximum Gasteiger partial charge on any atom is 0.227 e. The molecule has 222 valence electrons. The first-order valence-electron chi connectivity index (χ1n) is 15.7. The molecule has 0 amide bonds. The number of oxazole rings is 1. The zero-order valence-electron chi connectivity index (χ0n) is 25.4. The van der Waals surface area contributed by atoms with Gasteiger partial charge in [0.2, 0.25) is 5.89 Å². The van der Waals surface area contributed by atoms with Gasteiger partial charge in [-0.2, -0.15) is 0 Å². The van der Waals surface area contributed by atoms with Gasteiger partial charge in [-0.15, -0.1) is 11.3 Å². The predicted molar refractivity (Wildman–Crippen MR) is 198 cm³/mol. The lowest BCUT2D eigenvalue weighted by atomic mass is 10.0. The van der Waals surface area contributed by atoms with Crippen molar-refractivity contribution in [3.63, 3.8) is 0 Å². The van der Waals surface area contributed by atoms with Gasteiger partial charge in [-0.3, -0.25) is 0 Å². The lowest BCUT2D eigenvalue weighted by Crippen LogP contribution is -2.09. The molecule has 9 rings (SSSR count). The van der Waals surface area contributed by atoms with Gasteiger partial charge in [0.1, 0.15) is 5.52 Å². The van der Waals surface area contributed by atoms with E-state index in [1.807, 2.05) is 24.3 Å². The second-order valence-electron chi connectivity index (χ2n) is 11.6. The average molecular weight is 621 g/mol. The van der Waals surface area contributed by atoms with E-state index in [0.717, 1.165) is 33.7 Å². The van der Waals surface area contributed by atoms with Gasteiger partial charge >= 0.3 is 0 Å². The third-order valence-electron chi connectivity index (χ3n) is 8.73. The van der Waals surface area contributed by atoms with E-state index >= 15 is 0 Å². The molecule has 2 heterocycles. The fourth-order valence-electron chi connectivity index (χ4n) is 6.43. The SMILES string of the molecule is c1ccc(-c2ccc(N(c3ccc(-c4ccccc4)cc3)c3ccc4c(c3)sc3cccc(-c5nc6ccccc6o5)c34)cc2)cc1. The summed E-state index contributed by atoms with van der Waals surface area (Å²) in [5.41, 5.74) is 10.8. The Morgan fingerprint density at radius 3 is 1.68 bits per heavy atom. The zero-order valence-corrected chi connectivity index (χ0v) is 26.2. The summed E-state index contributed by atoms with van der Waals surface area (Å²) in [7, 11) is 0. The molecule has 0 aliphatic carbocycles. The first kappa shape index (κ1) is 27.3. The van der Waals surface area contributed by atoms with Gasteiger partial charge in [-0.05, 0) is 82.9 Å². The topological polar surface area (TPSA) is 29.3 Å². The quantitative estimate of drug-likeness (QED) is 0.185. The molecule has 0 atom stereocenters. The number of para-hydroxylation sites is 2. The second kappa shape index (κ2) is 11.4. The maximum atomic E-state index is 6.23. The van der Waals surface area contributed by atoms with Crippen molar-refractivity contribution >= 4 is 59.7 Å². The minimum Gasteiger partial charge on any atom is -0.436 e. The number of rotatable bonds is 6. The molecular formula is C43H28N2OS. The Labute approximate surface area is 276 Å². The molecule has 7 aromatic carbocycles. The lowest BCUT2D eigenvalue weighted by molar-refractivity contribution is 0.620. The number of hydrogen-bond donors (Lipinski definition) is 0. The summed E-state index contributed by atoms with van der Waals surface area (Å²) in [6, 6.07) is 59.9. The van der Waals surface area contributed by atoms with Crippen molar-refractivity contribution in [2.45, 2.75) is 0 Å². The Hall–Kier alpha value is -5.97. The molecule has 0 saturated carbocycles. The third kappa shape index (κ3) is 4.96. The zero-order chi connectivity index (χ0) is 31.2. The van der Waals surface area contributed by atoms with Crippen LogP contribution in [0.25, 0.3) is 65.0 Å². The first-order chi connectivity index (χ1) is 23.3. The van der Waals surface area contributed by atoms with Gasteiger partial charge < -0.3 is 9.32 Å². The highest BCUT2D eigenvalue weighted by Crippen LogP contribution is 2.44. The van der Waals surface area contributed by atoms with Gasteiger partial charge in [0.15, 0.2) is 5.58 Å². The summed E-state index contributed by atoms with van der Waals surface area (Å²) in [6.45, 7) is 0. The summed E-state index contributed by atoms with van der Waals surface area (Å²) in [5.74, 6) is 0.652. The number of hydrogen-bond acceptors (Lipinski definition) is 4. The number of nitrogens with zero attached hydrogens (tertiary/aromatic N) is 2. The van der Waals surface area contributed by atoms with Gasteiger partial charge in [0.05, 0.1) is 0 Å². The highest BCUT2D eigenvalue weighted by Gasteiger charge is 2.18. The van der Waals surface area contributed by atoms with E-state index in [0.29, 0.717) is 5.89 Å². The molecule has 0 aliphatic heterocycles. The minimum absolute atomic E-state index is 0.652. The predicted octanol–water partition coefficient (Wildman–Crippen LogP) is 12.7. The number of fused-ring (bicyclic) bond motifs is 4. The smallest absolute Gasteiger partial charge is 0.227 e. The number of benzene rings is 7. The van der Waals surface area contributed by atoms with Crippen molar-refractivity contribution in [2.24, 2.45) is 0 Å². The fourth-order valence-corrected chi connectivity index (χ4v) is 7.60. The van der Waals surface area contributed by atoms with E-state index in [-0.39, 0.29) is 0 Å². The monoisotopic (exact) mass is 620 g/mol. The molecule has 9 aromatic rings. The van der Waals surface area contributed by atoms with E-state index in [1.165, 1.54) is 42.4 Å². The number of thiophene rings is 1. The third-order valence-corrected chi connectivity index (χ3v) is 9.85. The Morgan fingerprint density at radius 2 is 1.04 bits per heavy atom. The lowest BCUT2D eigenvalue weighted by Gasteiger charge is -2.26.